The molecule has 0 atom stereocenters. The number of nitrogens with one attached hydrogen (secondary N) is 2. The molecule has 4 heterocycles. The molecule has 0 bridgehead atoms. The van der Waals surface area contributed by atoms with Gasteiger partial charge in [0.15, 0.2) is 0 Å². The Morgan fingerprint density at radius 3 is 3.00 bits per heavy atom. The molecular formula is C14H13N7. The summed E-state index contributed by atoms with van der Waals surface area (Å²) in [6, 6.07) is 4.21. The minimum atomic E-state index is -0.176. The predicted octanol–water partition coefficient (Wildman–Crippen LogP) is 1.03. The van der Waals surface area contributed by atoms with E-state index < -0.39 is 0 Å². The highest BCUT2D eigenvalue weighted by molar-refractivity contribution is 5.89. The molecule has 1 fully saturated rings. The summed E-state index contributed by atoms with van der Waals surface area (Å²) in [5, 5.41) is 13.2. The van der Waals surface area contributed by atoms with Crippen molar-refractivity contribution in [3.05, 3.63) is 31.1 Å². The Labute approximate surface area is 120 Å². The summed E-state index contributed by atoms with van der Waals surface area (Å²) in [5.74, 6) is 0. The molecule has 3 aromatic rings. The van der Waals surface area contributed by atoms with E-state index in [0.29, 0.717) is 6.42 Å². The fourth-order valence-electron chi connectivity index (χ4n) is 2.74. The number of H-pyrrole nitrogens is 1. The zero-order chi connectivity index (χ0) is 14.3. The van der Waals surface area contributed by atoms with Crippen LogP contribution in [-0.4, -0.2) is 37.6 Å². The van der Waals surface area contributed by atoms with Crippen molar-refractivity contribution < 1.29 is 0 Å². The SMILES string of the molecule is N#CCC1(n2cnc(-c3ncnc4[nH]ccc34)c2)CNC1. The summed E-state index contributed by atoms with van der Waals surface area (Å²) in [6.45, 7) is 1.58. The van der Waals surface area contributed by atoms with E-state index in [0.717, 1.165) is 35.5 Å². The maximum atomic E-state index is 9.03. The minimum Gasteiger partial charge on any atom is -0.346 e. The molecule has 0 radical (unpaired) electrons. The van der Waals surface area contributed by atoms with Crippen molar-refractivity contribution in [3.63, 3.8) is 0 Å². The van der Waals surface area contributed by atoms with E-state index in [9.17, 15) is 0 Å². The zero-order valence-electron chi connectivity index (χ0n) is 11.2. The number of hydrogen-bond donors (Lipinski definition) is 2. The molecule has 3 aromatic heterocycles. The molecule has 0 aromatic carbocycles. The summed E-state index contributed by atoms with van der Waals surface area (Å²) in [6.07, 6.45) is 7.59. The second-order valence-electron chi connectivity index (χ2n) is 5.29. The minimum absolute atomic E-state index is 0.176. The van der Waals surface area contributed by atoms with Crippen molar-refractivity contribution in [2.45, 2.75) is 12.0 Å². The summed E-state index contributed by atoms with van der Waals surface area (Å²) in [7, 11) is 0. The maximum Gasteiger partial charge on any atom is 0.141 e. The maximum absolute atomic E-state index is 9.03. The van der Waals surface area contributed by atoms with Crippen LogP contribution in [0.15, 0.2) is 31.1 Å². The van der Waals surface area contributed by atoms with Crippen molar-refractivity contribution in [2.75, 3.05) is 13.1 Å². The van der Waals surface area contributed by atoms with E-state index in [-0.39, 0.29) is 5.54 Å². The number of rotatable bonds is 3. The lowest BCUT2D eigenvalue weighted by Crippen LogP contribution is -2.60. The third-order valence-corrected chi connectivity index (χ3v) is 4.04. The first-order chi connectivity index (χ1) is 10.3. The number of hydrogen-bond acceptors (Lipinski definition) is 5. The smallest absolute Gasteiger partial charge is 0.141 e. The molecule has 1 saturated heterocycles. The molecule has 0 aliphatic carbocycles. The highest BCUT2D eigenvalue weighted by Crippen LogP contribution is 2.29. The predicted molar refractivity (Wildman–Crippen MR) is 76.2 cm³/mol. The van der Waals surface area contributed by atoms with Crippen LogP contribution in [0.2, 0.25) is 0 Å². The molecular weight excluding hydrogens is 266 g/mol. The first kappa shape index (κ1) is 12.1. The van der Waals surface area contributed by atoms with Crippen LogP contribution in [0.25, 0.3) is 22.4 Å². The average Bonchev–Trinajstić information content (AvgIpc) is 3.11. The van der Waals surface area contributed by atoms with Crippen LogP contribution in [0.4, 0.5) is 0 Å². The van der Waals surface area contributed by atoms with Crippen molar-refractivity contribution in [1.82, 2.24) is 29.8 Å². The van der Waals surface area contributed by atoms with E-state index in [4.69, 9.17) is 5.26 Å². The van der Waals surface area contributed by atoms with Gasteiger partial charge < -0.3 is 14.9 Å². The van der Waals surface area contributed by atoms with Gasteiger partial charge in [0.2, 0.25) is 0 Å². The number of imidazole rings is 1. The number of fused-ring (bicyclic) bond motifs is 1. The van der Waals surface area contributed by atoms with Gasteiger partial charge in [-0.25, -0.2) is 15.0 Å². The van der Waals surface area contributed by atoms with Crippen LogP contribution in [0.1, 0.15) is 6.42 Å². The van der Waals surface area contributed by atoms with Crippen molar-refractivity contribution in [2.24, 2.45) is 0 Å². The van der Waals surface area contributed by atoms with Gasteiger partial charge >= 0.3 is 0 Å². The van der Waals surface area contributed by atoms with Crippen LogP contribution in [-0.2, 0) is 5.54 Å². The first-order valence-electron chi connectivity index (χ1n) is 6.73. The normalized spacial score (nSPS) is 16.5. The number of aromatic amines is 1. The van der Waals surface area contributed by atoms with Gasteiger partial charge in [-0.2, -0.15) is 5.26 Å². The van der Waals surface area contributed by atoms with Gasteiger partial charge in [0.05, 0.1) is 24.4 Å². The van der Waals surface area contributed by atoms with Crippen molar-refractivity contribution in [3.8, 4) is 17.5 Å². The quantitative estimate of drug-likeness (QED) is 0.746. The summed E-state index contributed by atoms with van der Waals surface area (Å²) >= 11 is 0. The van der Waals surface area contributed by atoms with Crippen LogP contribution in [0.5, 0.6) is 0 Å². The molecule has 0 amide bonds. The van der Waals surface area contributed by atoms with Crippen LogP contribution in [0.3, 0.4) is 0 Å². The number of nitriles is 1. The fourth-order valence-corrected chi connectivity index (χ4v) is 2.74. The molecule has 1 aliphatic heterocycles. The van der Waals surface area contributed by atoms with E-state index in [1.165, 1.54) is 6.33 Å². The van der Waals surface area contributed by atoms with Crippen LogP contribution in [0, 0.1) is 11.3 Å². The molecule has 0 spiro atoms. The average molecular weight is 279 g/mol. The molecule has 7 heteroatoms. The van der Waals surface area contributed by atoms with E-state index >= 15 is 0 Å². The second-order valence-corrected chi connectivity index (χ2v) is 5.29. The second kappa shape index (κ2) is 4.40. The summed E-state index contributed by atoms with van der Waals surface area (Å²) < 4.78 is 2.03. The van der Waals surface area contributed by atoms with Crippen molar-refractivity contribution >= 4 is 11.0 Å². The van der Waals surface area contributed by atoms with E-state index in [1.807, 2.05) is 23.0 Å². The lowest BCUT2D eigenvalue weighted by molar-refractivity contribution is 0.180. The third-order valence-electron chi connectivity index (χ3n) is 4.04. The summed E-state index contributed by atoms with van der Waals surface area (Å²) in [5.41, 5.74) is 2.22. The van der Waals surface area contributed by atoms with Crippen LogP contribution >= 0.6 is 0 Å². The van der Waals surface area contributed by atoms with Gasteiger partial charge in [0.25, 0.3) is 0 Å². The molecule has 2 N–H and O–H groups in total. The highest BCUT2D eigenvalue weighted by Gasteiger charge is 2.38. The molecule has 0 saturated carbocycles. The van der Waals surface area contributed by atoms with E-state index in [2.05, 4.69) is 31.3 Å². The molecule has 0 unspecified atom stereocenters. The van der Waals surface area contributed by atoms with Gasteiger partial charge in [-0.3, -0.25) is 0 Å². The fraction of sp³-hybridized carbons (Fsp3) is 0.286. The highest BCUT2D eigenvalue weighted by atomic mass is 15.2. The van der Waals surface area contributed by atoms with Gasteiger partial charge in [0.1, 0.15) is 23.4 Å². The largest absolute Gasteiger partial charge is 0.346 e. The Balaban J connectivity index is 1.78. The molecule has 104 valence electrons. The summed E-state index contributed by atoms with van der Waals surface area (Å²) in [4.78, 5) is 16.1. The van der Waals surface area contributed by atoms with Gasteiger partial charge in [-0.1, -0.05) is 0 Å². The van der Waals surface area contributed by atoms with Gasteiger partial charge in [-0.05, 0) is 6.07 Å². The lowest BCUT2D eigenvalue weighted by Gasteiger charge is -2.42. The topological polar surface area (TPSA) is 95.2 Å². The molecule has 1 aliphatic rings. The Morgan fingerprint density at radius 1 is 1.33 bits per heavy atom. The zero-order valence-corrected chi connectivity index (χ0v) is 11.2. The number of aromatic nitrogens is 5. The Hall–Kier alpha value is -2.72. The van der Waals surface area contributed by atoms with Gasteiger partial charge in [0, 0.05) is 30.9 Å². The molecule has 21 heavy (non-hydrogen) atoms. The van der Waals surface area contributed by atoms with Gasteiger partial charge in [-0.15, -0.1) is 0 Å². The third kappa shape index (κ3) is 1.73. The standard InChI is InChI=1S/C14H13N7/c15-3-2-14(6-16-7-14)21-5-11(20-9-21)12-10-1-4-17-13(10)19-8-18-12/h1,4-5,8-9,16H,2,6-7H2,(H,17,18,19). The number of nitrogens with zero attached hydrogens (tertiary/aromatic N) is 5. The van der Waals surface area contributed by atoms with E-state index in [1.54, 1.807) is 6.33 Å². The lowest BCUT2D eigenvalue weighted by atomic mass is 9.89. The first-order valence-corrected chi connectivity index (χ1v) is 6.73. The van der Waals surface area contributed by atoms with Crippen LogP contribution < -0.4 is 5.32 Å². The van der Waals surface area contributed by atoms with Crippen molar-refractivity contribution in [1.29, 1.82) is 5.26 Å². The molecule has 7 nitrogen and oxygen atoms in total. The Kier molecular flexibility index (Phi) is 2.52. The monoisotopic (exact) mass is 279 g/mol. The Morgan fingerprint density at radius 2 is 2.24 bits per heavy atom. The Bertz CT molecular complexity index is 834. The molecule has 4 rings (SSSR count).